The lowest BCUT2D eigenvalue weighted by Gasteiger charge is -2.31. The van der Waals surface area contributed by atoms with Crippen LogP contribution in [0.4, 0.5) is 13.2 Å². The number of esters is 1. The van der Waals surface area contributed by atoms with Gasteiger partial charge in [0, 0.05) is 18.3 Å². The summed E-state index contributed by atoms with van der Waals surface area (Å²) < 4.78 is 74.6. The molecule has 7 nitrogen and oxygen atoms in total. The summed E-state index contributed by atoms with van der Waals surface area (Å²) in [5.41, 5.74) is 0.710. The SMILES string of the molecule is C=C(C)c1cc(C(F)(F)F)cc(S(=O)(=O)N(C)[C@@H]2CCCc3c2cnn3CC(=O)OCC)c1. The molecule has 0 saturated heterocycles. The first-order valence-corrected chi connectivity index (χ1v) is 11.9. The van der Waals surface area contributed by atoms with Crippen molar-refractivity contribution in [1.29, 1.82) is 0 Å². The van der Waals surface area contributed by atoms with E-state index in [0.29, 0.717) is 42.2 Å². The topological polar surface area (TPSA) is 81.5 Å². The van der Waals surface area contributed by atoms with Gasteiger partial charge in [-0.25, -0.2) is 8.42 Å². The molecule has 1 aromatic carbocycles. The van der Waals surface area contributed by atoms with Crippen molar-refractivity contribution in [3.63, 3.8) is 0 Å². The maximum Gasteiger partial charge on any atom is 0.416 e. The standard InChI is InChI=1S/C22H26F3N3O4S/c1-5-32-21(29)13-28-20-8-6-7-19(18(20)12-26-28)27(4)33(30,31)17-10-15(14(2)3)9-16(11-17)22(23,24)25/h9-12,19H,2,5-8,13H2,1,3-4H3/t19-/m1/s1. The van der Waals surface area contributed by atoms with Crippen LogP contribution in [-0.4, -0.2) is 42.1 Å². The van der Waals surface area contributed by atoms with Crippen LogP contribution in [0.2, 0.25) is 0 Å². The van der Waals surface area contributed by atoms with Gasteiger partial charge in [0.2, 0.25) is 10.0 Å². The predicted molar refractivity (Wildman–Crippen MR) is 116 cm³/mol. The highest BCUT2D eigenvalue weighted by atomic mass is 32.2. The molecular formula is C22H26F3N3O4S. The normalized spacial score (nSPS) is 16.5. The summed E-state index contributed by atoms with van der Waals surface area (Å²) in [4.78, 5) is 11.4. The molecule has 1 aliphatic rings. The van der Waals surface area contributed by atoms with Crippen LogP contribution >= 0.6 is 0 Å². The van der Waals surface area contributed by atoms with Gasteiger partial charge in [0.1, 0.15) is 6.54 Å². The van der Waals surface area contributed by atoms with E-state index in [4.69, 9.17) is 4.74 Å². The minimum absolute atomic E-state index is 0.0953. The highest BCUT2D eigenvalue weighted by molar-refractivity contribution is 7.89. The molecule has 1 aromatic heterocycles. The average Bonchev–Trinajstić information content (AvgIpc) is 3.15. The highest BCUT2D eigenvalue weighted by Gasteiger charge is 2.37. The van der Waals surface area contributed by atoms with Gasteiger partial charge in [0.25, 0.3) is 0 Å². The third kappa shape index (κ3) is 5.14. The first kappa shape index (κ1) is 25.0. The molecule has 3 rings (SSSR count). The van der Waals surface area contributed by atoms with Gasteiger partial charge in [-0.1, -0.05) is 12.2 Å². The van der Waals surface area contributed by atoms with E-state index >= 15 is 0 Å². The van der Waals surface area contributed by atoms with Crippen LogP contribution in [0.5, 0.6) is 0 Å². The summed E-state index contributed by atoms with van der Waals surface area (Å²) in [6.07, 6.45) is -1.50. The molecule has 0 fully saturated rings. The number of hydrogen-bond acceptors (Lipinski definition) is 5. The quantitative estimate of drug-likeness (QED) is 0.549. The van der Waals surface area contributed by atoms with Crippen LogP contribution < -0.4 is 0 Å². The minimum Gasteiger partial charge on any atom is -0.465 e. The number of ether oxygens (including phenoxy) is 1. The molecule has 0 bridgehead atoms. The van der Waals surface area contributed by atoms with E-state index in [1.54, 1.807) is 6.92 Å². The van der Waals surface area contributed by atoms with Crippen LogP contribution in [0.1, 0.15) is 55.1 Å². The molecule has 0 radical (unpaired) electrons. The molecule has 2 aromatic rings. The first-order chi connectivity index (χ1) is 15.4. The first-order valence-electron chi connectivity index (χ1n) is 10.4. The molecule has 0 amide bonds. The Hall–Kier alpha value is -2.66. The molecule has 1 aliphatic carbocycles. The van der Waals surface area contributed by atoms with E-state index in [9.17, 15) is 26.4 Å². The Kier molecular flexibility index (Phi) is 7.04. The molecule has 0 unspecified atom stereocenters. The van der Waals surface area contributed by atoms with Crippen molar-refractivity contribution in [2.75, 3.05) is 13.7 Å². The number of halogens is 3. The molecule has 1 heterocycles. The van der Waals surface area contributed by atoms with Gasteiger partial charge < -0.3 is 4.74 Å². The van der Waals surface area contributed by atoms with E-state index in [1.165, 1.54) is 30.9 Å². The number of fused-ring (bicyclic) bond motifs is 1. The Morgan fingerprint density at radius 2 is 2.03 bits per heavy atom. The highest BCUT2D eigenvalue weighted by Crippen LogP contribution is 2.38. The lowest BCUT2D eigenvalue weighted by Crippen LogP contribution is -2.33. The Bertz CT molecular complexity index is 1170. The lowest BCUT2D eigenvalue weighted by atomic mass is 9.93. The van der Waals surface area contributed by atoms with E-state index in [-0.39, 0.29) is 18.7 Å². The van der Waals surface area contributed by atoms with E-state index in [1.807, 2.05) is 0 Å². The number of sulfonamides is 1. The largest absolute Gasteiger partial charge is 0.465 e. The molecule has 11 heteroatoms. The van der Waals surface area contributed by atoms with Crippen molar-refractivity contribution in [1.82, 2.24) is 14.1 Å². The van der Waals surface area contributed by atoms with Gasteiger partial charge in [-0.3, -0.25) is 9.48 Å². The molecule has 0 saturated carbocycles. The third-order valence-corrected chi connectivity index (χ3v) is 7.50. The summed E-state index contributed by atoms with van der Waals surface area (Å²) in [6, 6.07) is 2.11. The van der Waals surface area contributed by atoms with Gasteiger partial charge in [-0.15, -0.1) is 0 Å². The second-order valence-corrected chi connectivity index (χ2v) is 9.96. The number of carbonyl (C=O) groups excluding carboxylic acids is 1. The van der Waals surface area contributed by atoms with E-state index in [0.717, 1.165) is 10.4 Å². The molecule has 0 N–H and O–H groups in total. The van der Waals surface area contributed by atoms with Crippen molar-refractivity contribution >= 4 is 21.6 Å². The van der Waals surface area contributed by atoms with Crippen molar-refractivity contribution < 1.29 is 31.1 Å². The number of carbonyl (C=O) groups is 1. The van der Waals surface area contributed by atoms with Crippen LogP contribution in [0, 0.1) is 0 Å². The predicted octanol–water partition coefficient (Wildman–Crippen LogP) is 4.20. The zero-order valence-electron chi connectivity index (χ0n) is 18.6. The van der Waals surface area contributed by atoms with Gasteiger partial charge >= 0.3 is 12.1 Å². The smallest absolute Gasteiger partial charge is 0.416 e. The Labute approximate surface area is 190 Å². The van der Waals surface area contributed by atoms with E-state index < -0.39 is 38.7 Å². The fraction of sp³-hybridized carbons (Fsp3) is 0.455. The molecule has 0 aliphatic heterocycles. The summed E-state index contributed by atoms with van der Waals surface area (Å²) in [7, 11) is -2.93. The monoisotopic (exact) mass is 485 g/mol. The maximum absolute atomic E-state index is 13.4. The Morgan fingerprint density at radius 1 is 1.33 bits per heavy atom. The lowest BCUT2D eigenvalue weighted by molar-refractivity contribution is -0.144. The number of alkyl halides is 3. The Morgan fingerprint density at radius 3 is 2.64 bits per heavy atom. The number of benzene rings is 1. The Balaban J connectivity index is 1.99. The molecule has 180 valence electrons. The van der Waals surface area contributed by atoms with Crippen LogP contribution in [0.25, 0.3) is 5.57 Å². The number of hydrogen-bond donors (Lipinski definition) is 0. The van der Waals surface area contributed by atoms with Crippen LogP contribution in [0.3, 0.4) is 0 Å². The summed E-state index contributed by atoms with van der Waals surface area (Å²) in [5.74, 6) is -0.456. The van der Waals surface area contributed by atoms with Crippen molar-refractivity contribution in [2.45, 2.75) is 56.8 Å². The molecule has 1 atom stereocenters. The van der Waals surface area contributed by atoms with Crippen molar-refractivity contribution in [3.8, 4) is 0 Å². The van der Waals surface area contributed by atoms with Crippen molar-refractivity contribution in [2.24, 2.45) is 0 Å². The molecule has 0 spiro atoms. The van der Waals surface area contributed by atoms with Crippen LogP contribution in [-0.2, 0) is 38.7 Å². The van der Waals surface area contributed by atoms with Gasteiger partial charge in [0.15, 0.2) is 0 Å². The van der Waals surface area contributed by atoms with Crippen LogP contribution in [0.15, 0.2) is 35.9 Å². The number of allylic oxidation sites excluding steroid dienone is 1. The number of nitrogens with zero attached hydrogens (tertiary/aromatic N) is 3. The zero-order valence-corrected chi connectivity index (χ0v) is 19.5. The van der Waals surface area contributed by atoms with Gasteiger partial charge in [-0.2, -0.15) is 22.6 Å². The van der Waals surface area contributed by atoms with Gasteiger partial charge in [-0.05, 0) is 56.9 Å². The van der Waals surface area contributed by atoms with E-state index in [2.05, 4.69) is 11.7 Å². The second-order valence-electron chi connectivity index (χ2n) is 7.96. The average molecular weight is 486 g/mol. The zero-order chi connectivity index (χ0) is 24.6. The fourth-order valence-electron chi connectivity index (χ4n) is 3.93. The summed E-state index contributed by atoms with van der Waals surface area (Å²) in [6.45, 7) is 7.00. The van der Waals surface area contributed by atoms with Crippen molar-refractivity contribution in [3.05, 3.63) is 53.4 Å². The van der Waals surface area contributed by atoms with Gasteiger partial charge in [0.05, 0.1) is 29.3 Å². The summed E-state index contributed by atoms with van der Waals surface area (Å²) in [5, 5.41) is 4.23. The minimum atomic E-state index is -4.71. The molecule has 33 heavy (non-hydrogen) atoms. The number of rotatable bonds is 7. The summed E-state index contributed by atoms with van der Waals surface area (Å²) >= 11 is 0. The number of aromatic nitrogens is 2. The fourth-order valence-corrected chi connectivity index (χ4v) is 5.37. The second kappa shape index (κ2) is 9.30. The third-order valence-electron chi connectivity index (χ3n) is 5.66. The molecular weight excluding hydrogens is 459 g/mol. The maximum atomic E-state index is 13.4.